The second-order valence-electron chi connectivity index (χ2n) is 3.30. The van der Waals surface area contributed by atoms with Gasteiger partial charge in [-0.05, 0) is 30.2 Å². The summed E-state index contributed by atoms with van der Waals surface area (Å²) >= 11 is 0. The largest absolute Gasteiger partial charge is 0.0683 e. The van der Waals surface area contributed by atoms with E-state index in [1.54, 1.807) is 0 Å². The van der Waals surface area contributed by atoms with Crippen molar-refractivity contribution in [2.24, 2.45) is 0 Å². The van der Waals surface area contributed by atoms with Crippen LogP contribution < -0.4 is 0 Å². The molecule has 2 aromatic rings. The van der Waals surface area contributed by atoms with Gasteiger partial charge < -0.3 is 0 Å². The molecule has 0 saturated carbocycles. The van der Waals surface area contributed by atoms with Crippen LogP contribution in [-0.4, -0.2) is 0 Å². The quantitative estimate of drug-likeness (QED) is 0.544. The molecule has 0 fully saturated rings. The lowest BCUT2D eigenvalue weighted by molar-refractivity contribution is 1.43. The smallest absolute Gasteiger partial charge is 0.0155 e. The monoisotopic (exact) mass is 216 g/mol. The number of aryl methyl sites for hydroxylation is 2. The molecule has 0 heteroatoms. The zero-order valence-electron chi connectivity index (χ0n) is 11.5. The fraction of sp³-hybridized carbons (Fsp3) is 0.375. The Labute approximate surface area is 100 Å². The molecule has 0 spiro atoms. The maximum Gasteiger partial charge on any atom is -0.0155 e. The minimum atomic E-state index is 1.34. The van der Waals surface area contributed by atoms with Crippen molar-refractivity contribution < 1.29 is 0 Å². The first kappa shape index (κ1) is 14.7. The number of benzene rings is 2. The van der Waals surface area contributed by atoms with Crippen LogP contribution in [0.15, 0.2) is 36.4 Å². The Morgan fingerprint density at radius 3 is 1.94 bits per heavy atom. The third-order valence-corrected chi connectivity index (χ3v) is 2.21. The lowest BCUT2D eigenvalue weighted by Crippen LogP contribution is -1.80. The van der Waals surface area contributed by atoms with E-state index in [0.717, 1.165) is 0 Å². The minimum absolute atomic E-state index is 1.34. The van der Waals surface area contributed by atoms with E-state index in [-0.39, 0.29) is 0 Å². The van der Waals surface area contributed by atoms with Gasteiger partial charge in [0, 0.05) is 0 Å². The fourth-order valence-corrected chi connectivity index (χ4v) is 1.69. The summed E-state index contributed by atoms with van der Waals surface area (Å²) in [7, 11) is 0. The normalized spacial score (nSPS) is 8.62. The summed E-state index contributed by atoms with van der Waals surface area (Å²) in [6.45, 7) is 12.3. The highest BCUT2D eigenvalue weighted by molar-refractivity contribution is 5.86. The van der Waals surface area contributed by atoms with Gasteiger partial charge in [-0.15, -0.1) is 0 Å². The highest BCUT2D eigenvalue weighted by Crippen LogP contribution is 2.19. The van der Waals surface area contributed by atoms with Gasteiger partial charge >= 0.3 is 0 Å². The number of fused-ring (bicyclic) bond motifs is 1. The Balaban J connectivity index is 0.000000509. The van der Waals surface area contributed by atoms with E-state index in [9.17, 15) is 0 Å². The van der Waals surface area contributed by atoms with Crippen LogP contribution in [0.1, 0.15) is 38.8 Å². The number of hydrogen-bond donors (Lipinski definition) is 0. The van der Waals surface area contributed by atoms with Crippen LogP contribution in [0.5, 0.6) is 0 Å². The second-order valence-corrected chi connectivity index (χ2v) is 3.30. The molecule has 0 unspecified atom stereocenters. The fourth-order valence-electron chi connectivity index (χ4n) is 1.69. The molecule has 2 rings (SSSR count). The zero-order chi connectivity index (χ0) is 12.6. The second kappa shape index (κ2) is 7.92. The van der Waals surface area contributed by atoms with E-state index in [1.165, 1.54) is 21.9 Å². The van der Waals surface area contributed by atoms with Gasteiger partial charge in [0.2, 0.25) is 0 Å². The van der Waals surface area contributed by atoms with Crippen molar-refractivity contribution in [2.45, 2.75) is 41.5 Å². The first-order valence-electron chi connectivity index (χ1n) is 6.23. The van der Waals surface area contributed by atoms with E-state index in [0.29, 0.717) is 0 Å². The van der Waals surface area contributed by atoms with Crippen molar-refractivity contribution in [1.29, 1.82) is 0 Å². The van der Waals surface area contributed by atoms with Crippen molar-refractivity contribution in [3.63, 3.8) is 0 Å². The van der Waals surface area contributed by atoms with Crippen molar-refractivity contribution in [1.82, 2.24) is 0 Å². The van der Waals surface area contributed by atoms with Crippen LogP contribution in [0.4, 0.5) is 0 Å². The van der Waals surface area contributed by atoms with Crippen molar-refractivity contribution in [3.8, 4) is 0 Å². The predicted molar refractivity (Wildman–Crippen MR) is 76.1 cm³/mol. The maximum absolute atomic E-state index is 2.22. The summed E-state index contributed by atoms with van der Waals surface area (Å²) in [6.07, 6.45) is 0. The third-order valence-electron chi connectivity index (χ3n) is 2.21. The molecule has 0 atom stereocenters. The Morgan fingerprint density at radius 2 is 1.31 bits per heavy atom. The summed E-state index contributed by atoms with van der Waals surface area (Å²) in [5, 5.41) is 2.71. The molecule has 0 aliphatic carbocycles. The average Bonchev–Trinajstić information content (AvgIpc) is 2.34. The van der Waals surface area contributed by atoms with Gasteiger partial charge in [-0.1, -0.05) is 69.7 Å². The summed E-state index contributed by atoms with van der Waals surface area (Å²) in [5.41, 5.74) is 2.71. The minimum Gasteiger partial charge on any atom is -0.0683 e. The molecule has 0 heterocycles. The molecule has 2 aromatic carbocycles. The molecule has 0 bridgehead atoms. The molecular formula is C16H24. The molecule has 0 aromatic heterocycles. The maximum atomic E-state index is 2.22. The molecule has 0 N–H and O–H groups in total. The van der Waals surface area contributed by atoms with Gasteiger partial charge in [0.25, 0.3) is 0 Å². The first-order chi connectivity index (χ1) is 7.77. The SMILES string of the molecule is CC.CC.Cc1cc(C)c2ccccc2c1. The molecule has 0 aliphatic heterocycles. The van der Waals surface area contributed by atoms with Gasteiger partial charge in [-0.25, -0.2) is 0 Å². The molecule has 0 nitrogen and oxygen atoms in total. The van der Waals surface area contributed by atoms with Crippen LogP contribution in [0.2, 0.25) is 0 Å². The summed E-state index contributed by atoms with van der Waals surface area (Å²) in [5.74, 6) is 0. The molecule has 0 aliphatic rings. The standard InChI is InChI=1S/C12H12.2C2H6/c1-9-7-10(2)12-6-4-3-5-11(12)8-9;2*1-2/h3-8H,1-2H3;2*1-2H3. The Morgan fingerprint density at radius 1 is 0.750 bits per heavy atom. The molecule has 0 radical (unpaired) electrons. The lowest BCUT2D eigenvalue weighted by Gasteiger charge is -2.02. The molecular weight excluding hydrogens is 192 g/mol. The topological polar surface area (TPSA) is 0 Å². The third kappa shape index (κ3) is 3.69. The summed E-state index contributed by atoms with van der Waals surface area (Å²) in [4.78, 5) is 0. The van der Waals surface area contributed by atoms with Crippen LogP contribution in [-0.2, 0) is 0 Å². The summed E-state index contributed by atoms with van der Waals surface area (Å²) in [6, 6.07) is 13.0. The molecule has 0 amide bonds. The highest BCUT2D eigenvalue weighted by atomic mass is 14.0. The Bertz CT molecular complexity index is 413. The van der Waals surface area contributed by atoms with Gasteiger partial charge in [-0.2, -0.15) is 0 Å². The lowest BCUT2D eigenvalue weighted by atomic mass is 10.0. The average molecular weight is 216 g/mol. The molecule has 16 heavy (non-hydrogen) atoms. The van der Waals surface area contributed by atoms with Crippen LogP contribution in [0.3, 0.4) is 0 Å². The number of rotatable bonds is 0. The van der Waals surface area contributed by atoms with E-state index in [2.05, 4.69) is 50.2 Å². The van der Waals surface area contributed by atoms with E-state index < -0.39 is 0 Å². The van der Waals surface area contributed by atoms with Gasteiger partial charge in [0.15, 0.2) is 0 Å². The van der Waals surface area contributed by atoms with E-state index in [4.69, 9.17) is 0 Å². The van der Waals surface area contributed by atoms with Crippen molar-refractivity contribution in [3.05, 3.63) is 47.5 Å². The van der Waals surface area contributed by atoms with Gasteiger partial charge in [0.05, 0.1) is 0 Å². The van der Waals surface area contributed by atoms with Gasteiger partial charge in [0.1, 0.15) is 0 Å². The van der Waals surface area contributed by atoms with Crippen LogP contribution in [0.25, 0.3) is 10.8 Å². The van der Waals surface area contributed by atoms with Crippen molar-refractivity contribution in [2.75, 3.05) is 0 Å². The molecule has 88 valence electrons. The van der Waals surface area contributed by atoms with Crippen LogP contribution in [0, 0.1) is 13.8 Å². The zero-order valence-corrected chi connectivity index (χ0v) is 11.5. The number of hydrogen-bond acceptors (Lipinski definition) is 0. The predicted octanol–water partition coefficient (Wildman–Crippen LogP) is 5.51. The first-order valence-corrected chi connectivity index (χ1v) is 6.23. The molecule has 0 saturated heterocycles. The van der Waals surface area contributed by atoms with Crippen molar-refractivity contribution >= 4 is 10.8 Å². The van der Waals surface area contributed by atoms with E-state index in [1.807, 2.05) is 27.7 Å². The van der Waals surface area contributed by atoms with E-state index >= 15 is 0 Å². The summed E-state index contributed by atoms with van der Waals surface area (Å²) < 4.78 is 0. The van der Waals surface area contributed by atoms with Gasteiger partial charge in [-0.3, -0.25) is 0 Å². The Kier molecular flexibility index (Phi) is 7.28. The van der Waals surface area contributed by atoms with Crippen LogP contribution >= 0.6 is 0 Å². The Hall–Kier alpha value is -1.30. The highest BCUT2D eigenvalue weighted by Gasteiger charge is 1.95.